The molecule has 0 radical (unpaired) electrons. The topological polar surface area (TPSA) is 64.4 Å². The second-order valence-corrected chi connectivity index (χ2v) is 2.51. The van der Waals surface area contributed by atoms with E-state index in [0.717, 1.165) is 5.57 Å². The molecule has 0 aromatic rings. The van der Waals surface area contributed by atoms with E-state index < -0.39 is 0 Å². The largest absolute Gasteiger partial charge is 0.397 e. The minimum atomic E-state index is 0.659. The number of hydrogen-bond donors (Lipinski definition) is 2. The molecule has 0 aliphatic rings. The average Bonchev–Trinajstić information content (AvgIpc) is 1.98. The zero-order valence-corrected chi connectivity index (χ0v) is 7.26. The SMILES string of the molecule is CC(C)=C(C)/C(N)=C/N=CN. The van der Waals surface area contributed by atoms with Crippen LogP contribution in [-0.2, 0) is 0 Å². The van der Waals surface area contributed by atoms with Crippen molar-refractivity contribution in [1.29, 1.82) is 0 Å². The van der Waals surface area contributed by atoms with Gasteiger partial charge in [-0.15, -0.1) is 0 Å². The molecule has 3 heteroatoms. The fraction of sp³-hybridized carbons (Fsp3) is 0.375. The van der Waals surface area contributed by atoms with Crippen LogP contribution >= 0.6 is 0 Å². The zero-order valence-electron chi connectivity index (χ0n) is 7.26. The molecular formula is C8H15N3. The quantitative estimate of drug-likeness (QED) is 0.355. The standard InChI is InChI=1S/C8H15N3/c1-6(2)7(3)8(10)4-11-5-9/h4-5H,10H2,1-3H3,(H2,9,11)/b8-4-. The van der Waals surface area contributed by atoms with E-state index in [1.807, 2.05) is 20.8 Å². The summed E-state index contributed by atoms with van der Waals surface area (Å²) in [6.45, 7) is 5.96. The fourth-order valence-corrected chi connectivity index (χ4v) is 0.509. The van der Waals surface area contributed by atoms with Crippen LogP contribution in [0.1, 0.15) is 20.8 Å². The molecule has 11 heavy (non-hydrogen) atoms. The van der Waals surface area contributed by atoms with E-state index in [4.69, 9.17) is 11.5 Å². The second kappa shape index (κ2) is 4.55. The van der Waals surface area contributed by atoms with Crippen LogP contribution in [0.2, 0.25) is 0 Å². The Hall–Kier alpha value is -1.25. The van der Waals surface area contributed by atoms with Crippen molar-refractivity contribution in [3.63, 3.8) is 0 Å². The first kappa shape index (κ1) is 9.75. The minimum absolute atomic E-state index is 0.659. The van der Waals surface area contributed by atoms with Crippen molar-refractivity contribution in [3.05, 3.63) is 23.0 Å². The number of nitrogens with zero attached hydrogens (tertiary/aromatic N) is 1. The summed E-state index contributed by atoms with van der Waals surface area (Å²) >= 11 is 0. The fourth-order valence-electron chi connectivity index (χ4n) is 0.509. The molecule has 0 heterocycles. The highest BCUT2D eigenvalue weighted by molar-refractivity contribution is 5.52. The highest BCUT2D eigenvalue weighted by Crippen LogP contribution is 2.08. The predicted molar refractivity (Wildman–Crippen MR) is 49.0 cm³/mol. The van der Waals surface area contributed by atoms with E-state index in [0.29, 0.717) is 5.70 Å². The lowest BCUT2D eigenvalue weighted by atomic mass is 10.1. The van der Waals surface area contributed by atoms with Crippen LogP contribution in [0.4, 0.5) is 0 Å². The van der Waals surface area contributed by atoms with Gasteiger partial charge >= 0.3 is 0 Å². The van der Waals surface area contributed by atoms with E-state index in [-0.39, 0.29) is 0 Å². The maximum absolute atomic E-state index is 5.64. The Labute approximate surface area is 67.5 Å². The molecular weight excluding hydrogens is 138 g/mol. The van der Waals surface area contributed by atoms with Crippen LogP contribution in [-0.4, -0.2) is 6.34 Å². The lowest BCUT2D eigenvalue weighted by Gasteiger charge is -2.01. The maximum Gasteiger partial charge on any atom is 0.0853 e. The van der Waals surface area contributed by atoms with Crippen molar-refractivity contribution >= 4 is 6.34 Å². The molecule has 4 N–H and O–H groups in total. The Bertz CT molecular complexity index is 207. The van der Waals surface area contributed by atoms with Gasteiger partial charge in [0.15, 0.2) is 0 Å². The van der Waals surface area contributed by atoms with Gasteiger partial charge in [0.1, 0.15) is 0 Å². The monoisotopic (exact) mass is 153 g/mol. The minimum Gasteiger partial charge on any atom is -0.397 e. The van der Waals surface area contributed by atoms with Gasteiger partial charge in [0.2, 0.25) is 0 Å². The molecule has 0 saturated heterocycles. The van der Waals surface area contributed by atoms with Gasteiger partial charge in [0.05, 0.1) is 18.2 Å². The Morgan fingerprint density at radius 2 is 1.82 bits per heavy atom. The van der Waals surface area contributed by atoms with Crippen LogP contribution in [0, 0.1) is 0 Å². The third-order valence-corrected chi connectivity index (χ3v) is 1.48. The third-order valence-electron chi connectivity index (χ3n) is 1.48. The Kier molecular flexibility index (Phi) is 4.03. The Morgan fingerprint density at radius 1 is 1.27 bits per heavy atom. The summed E-state index contributed by atoms with van der Waals surface area (Å²) in [5.41, 5.74) is 13.6. The molecule has 0 atom stereocenters. The molecule has 0 bridgehead atoms. The summed E-state index contributed by atoms with van der Waals surface area (Å²) in [5, 5.41) is 0. The summed E-state index contributed by atoms with van der Waals surface area (Å²) in [5.74, 6) is 0. The highest BCUT2D eigenvalue weighted by Gasteiger charge is 1.93. The first-order chi connectivity index (χ1) is 5.09. The van der Waals surface area contributed by atoms with Crippen molar-refractivity contribution in [1.82, 2.24) is 0 Å². The first-order valence-electron chi connectivity index (χ1n) is 3.43. The first-order valence-corrected chi connectivity index (χ1v) is 3.43. The van der Waals surface area contributed by atoms with Crippen molar-refractivity contribution in [2.24, 2.45) is 16.5 Å². The lowest BCUT2D eigenvalue weighted by molar-refractivity contribution is 1.18. The molecule has 0 fully saturated rings. The number of rotatable bonds is 2. The molecule has 0 aromatic heterocycles. The zero-order chi connectivity index (χ0) is 8.85. The van der Waals surface area contributed by atoms with Crippen LogP contribution in [0.5, 0.6) is 0 Å². The van der Waals surface area contributed by atoms with Gasteiger partial charge in [-0.25, -0.2) is 4.99 Å². The number of allylic oxidation sites excluding steroid dienone is 2. The number of hydrogen-bond acceptors (Lipinski definition) is 2. The Balaban J connectivity index is 4.49. The van der Waals surface area contributed by atoms with E-state index in [9.17, 15) is 0 Å². The van der Waals surface area contributed by atoms with Crippen molar-refractivity contribution in [2.75, 3.05) is 0 Å². The molecule has 62 valence electrons. The van der Waals surface area contributed by atoms with Gasteiger partial charge < -0.3 is 11.5 Å². The maximum atomic E-state index is 5.64. The van der Waals surface area contributed by atoms with Crippen molar-refractivity contribution in [2.45, 2.75) is 20.8 Å². The van der Waals surface area contributed by atoms with Crippen LogP contribution in [0.15, 0.2) is 28.0 Å². The van der Waals surface area contributed by atoms with Crippen molar-refractivity contribution < 1.29 is 0 Å². The van der Waals surface area contributed by atoms with E-state index in [2.05, 4.69) is 4.99 Å². The lowest BCUT2D eigenvalue weighted by Crippen LogP contribution is -1.99. The van der Waals surface area contributed by atoms with E-state index in [1.54, 1.807) is 6.20 Å². The predicted octanol–water partition coefficient (Wildman–Crippen LogP) is 1.13. The summed E-state index contributed by atoms with van der Waals surface area (Å²) in [6, 6.07) is 0. The molecule has 0 rings (SSSR count). The smallest absolute Gasteiger partial charge is 0.0853 e. The van der Waals surface area contributed by atoms with E-state index >= 15 is 0 Å². The summed E-state index contributed by atoms with van der Waals surface area (Å²) < 4.78 is 0. The van der Waals surface area contributed by atoms with Crippen LogP contribution < -0.4 is 11.5 Å². The number of aliphatic imine (C=N–C) groups is 1. The van der Waals surface area contributed by atoms with E-state index in [1.165, 1.54) is 11.9 Å². The highest BCUT2D eigenvalue weighted by atomic mass is 14.8. The van der Waals surface area contributed by atoms with Gasteiger partial charge in [-0.05, 0) is 26.3 Å². The van der Waals surface area contributed by atoms with Gasteiger partial charge in [0.25, 0.3) is 0 Å². The Morgan fingerprint density at radius 3 is 2.18 bits per heavy atom. The molecule has 0 amide bonds. The van der Waals surface area contributed by atoms with Crippen LogP contribution in [0.25, 0.3) is 0 Å². The van der Waals surface area contributed by atoms with Gasteiger partial charge in [-0.2, -0.15) is 0 Å². The summed E-state index contributed by atoms with van der Waals surface area (Å²) in [6.07, 6.45) is 2.76. The molecule has 0 aromatic carbocycles. The molecule has 0 saturated carbocycles. The summed E-state index contributed by atoms with van der Waals surface area (Å²) in [7, 11) is 0. The summed E-state index contributed by atoms with van der Waals surface area (Å²) in [4.78, 5) is 3.71. The van der Waals surface area contributed by atoms with Gasteiger partial charge in [-0.1, -0.05) is 5.57 Å². The van der Waals surface area contributed by atoms with Gasteiger partial charge in [-0.3, -0.25) is 0 Å². The molecule has 0 aliphatic carbocycles. The third kappa shape index (κ3) is 3.45. The second-order valence-electron chi connectivity index (χ2n) is 2.51. The number of nitrogens with two attached hydrogens (primary N) is 2. The normalized spacial score (nSPS) is 12.1. The molecule has 3 nitrogen and oxygen atoms in total. The van der Waals surface area contributed by atoms with Crippen LogP contribution in [0.3, 0.4) is 0 Å². The molecule has 0 unspecified atom stereocenters. The van der Waals surface area contributed by atoms with Crippen molar-refractivity contribution in [3.8, 4) is 0 Å². The molecule has 0 aliphatic heterocycles. The van der Waals surface area contributed by atoms with Gasteiger partial charge in [0, 0.05) is 0 Å². The average molecular weight is 153 g/mol. The molecule has 0 spiro atoms.